The van der Waals surface area contributed by atoms with E-state index in [0.717, 1.165) is 0 Å². The Morgan fingerprint density at radius 1 is 0.750 bits per heavy atom. The summed E-state index contributed by atoms with van der Waals surface area (Å²) in [7, 11) is -13.3. The van der Waals surface area contributed by atoms with Gasteiger partial charge in [-0.05, 0) is 12.8 Å². The van der Waals surface area contributed by atoms with Gasteiger partial charge in [0.25, 0.3) is 0 Å². The van der Waals surface area contributed by atoms with Gasteiger partial charge in [-0.25, -0.2) is 16.8 Å². The molecule has 1 fully saturated rings. The first-order valence-corrected chi connectivity index (χ1v) is 8.03. The summed E-state index contributed by atoms with van der Waals surface area (Å²) in [6.07, 6.45) is -0.487. The van der Waals surface area contributed by atoms with Crippen LogP contribution in [0.25, 0.3) is 0 Å². The molecule has 1 aliphatic carbocycles. The standard InChI is InChI=1S/C7H9F6NO4S2/c8-6(9,10)19(15,16)14(5-3-1-2-4-5)20(17,18)7(11,12)13/h5H,1-4H2. The van der Waals surface area contributed by atoms with Gasteiger partial charge in [0, 0.05) is 6.04 Å². The zero-order chi connectivity index (χ0) is 16.0. The Kier molecular flexibility index (Phi) is 4.39. The first-order chi connectivity index (χ1) is 8.73. The van der Waals surface area contributed by atoms with Gasteiger partial charge in [0.15, 0.2) is 0 Å². The molecular formula is C7H9F6NO4S2. The van der Waals surface area contributed by atoms with Gasteiger partial charge in [-0.1, -0.05) is 16.6 Å². The first kappa shape index (κ1) is 17.5. The van der Waals surface area contributed by atoms with Crippen LogP contribution in [0.1, 0.15) is 25.7 Å². The van der Waals surface area contributed by atoms with Crippen molar-refractivity contribution in [2.24, 2.45) is 0 Å². The quantitative estimate of drug-likeness (QED) is 0.730. The van der Waals surface area contributed by atoms with Crippen LogP contribution in [-0.2, 0) is 20.0 Å². The number of nitrogens with zero attached hydrogens (tertiary/aromatic N) is 1. The maximum atomic E-state index is 12.4. The maximum Gasteiger partial charge on any atom is 0.512 e. The van der Waals surface area contributed by atoms with E-state index in [2.05, 4.69) is 0 Å². The van der Waals surface area contributed by atoms with Crippen LogP contribution in [0.2, 0.25) is 0 Å². The van der Waals surface area contributed by atoms with Gasteiger partial charge < -0.3 is 0 Å². The zero-order valence-corrected chi connectivity index (χ0v) is 11.2. The van der Waals surface area contributed by atoms with Crippen molar-refractivity contribution in [3.8, 4) is 0 Å². The van der Waals surface area contributed by atoms with E-state index < -0.39 is 40.8 Å². The third-order valence-electron chi connectivity index (χ3n) is 2.68. The van der Waals surface area contributed by atoms with Crippen LogP contribution in [0.3, 0.4) is 0 Å². The number of hydrogen-bond donors (Lipinski definition) is 0. The van der Waals surface area contributed by atoms with Gasteiger partial charge in [0.2, 0.25) is 0 Å². The van der Waals surface area contributed by atoms with Crippen molar-refractivity contribution < 1.29 is 43.2 Å². The van der Waals surface area contributed by atoms with Crippen molar-refractivity contribution in [3.05, 3.63) is 0 Å². The Morgan fingerprint density at radius 2 is 1.05 bits per heavy atom. The lowest BCUT2D eigenvalue weighted by Gasteiger charge is -2.28. The third-order valence-corrected chi connectivity index (χ3v) is 6.57. The summed E-state index contributed by atoms with van der Waals surface area (Å²) in [4.78, 5) is 0. The molecule has 0 spiro atoms. The molecule has 0 aliphatic heterocycles. The van der Waals surface area contributed by atoms with Crippen molar-refractivity contribution in [1.29, 1.82) is 0 Å². The van der Waals surface area contributed by atoms with Gasteiger partial charge in [0.05, 0.1) is 0 Å². The summed E-state index contributed by atoms with van der Waals surface area (Å²) in [5.41, 5.74) is -12.3. The molecule has 120 valence electrons. The highest BCUT2D eigenvalue weighted by Crippen LogP contribution is 2.40. The van der Waals surface area contributed by atoms with E-state index in [9.17, 15) is 43.2 Å². The lowest BCUT2D eigenvalue weighted by atomic mass is 10.3. The Hall–Kier alpha value is -0.560. The molecule has 0 saturated heterocycles. The monoisotopic (exact) mass is 349 g/mol. The number of rotatable bonds is 3. The minimum Gasteiger partial charge on any atom is -0.202 e. The van der Waals surface area contributed by atoms with Crippen LogP contribution in [0.5, 0.6) is 0 Å². The first-order valence-electron chi connectivity index (χ1n) is 5.15. The fourth-order valence-corrected chi connectivity index (χ4v) is 5.00. The molecule has 20 heavy (non-hydrogen) atoms. The predicted molar refractivity (Wildman–Crippen MR) is 54.0 cm³/mol. The molecule has 0 N–H and O–H groups in total. The van der Waals surface area contributed by atoms with E-state index in [1.54, 1.807) is 0 Å². The van der Waals surface area contributed by atoms with Crippen LogP contribution in [-0.4, -0.2) is 37.6 Å². The normalized spacial score (nSPS) is 19.8. The minimum atomic E-state index is -6.64. The predicted octanol–water partition coefficient (Wildman–Crippen LogP) is 1.93. The van der Waals surface area contributed by atoms with E-state index in [4.69, 9.17) is 0 Å². The van der Waals surface area contributed by atoms with Crippen LogP contribution in [0.4, 0.5) is 26.3 Å². The van der Waals surface area contributed by atoms with Crippen molar-refractivity contribution in [1.82, 2.24) is 3.71 Å². The van der Waals surface area contributed by atoms with Gasteiger partial charge in [-0.15, -0.1) is 0 Å². The molecule has 0 radical (unpaired) electrons. The molecule has 0 amide bonds. The van der Waals surface area contributed by atoms with Gasteiger partial charge >= 0.3 is 31.1 Å². The Balaban J connectivity index is 3.47. The molecule has 5 nitrogen and oxygen atoms in total. The molecule has 0 unspecified atom stereocenters. The summed E-state index contributed by atoms with van der Waals surface area (Å²) >= 11 is 0. The second-order valence-corrected chi connectivity index (χ2v) is 7.91. The van der Waals surface area contributed by atoms with Crippen LogP contribution < -0.4 is 0 Å². The van der Waals surface area contributed by atoms with Gasteiger partial charge in [0.1, 0.15) is 0 Å². The lowest BCUT2D eigenvalue weighted by molar-refractivity contribution is -0.0543. The lowest BCUT2D eigenvalue weighted by Crippen LogP contribution is -2.53. The summed E-state index contributed by atoms with van der Waals surface area (Å²) in [6, 6.07) is -1.87. The largest absolute Gasteiger partial charge is 0.512 e. The van der Waals surface area contributed by atoms with E-state index in [1.165, 1.54) is 0 Å². The second-order valence-electron chi connectivity index (χ2n) is 4.07. The smallest absolute Gasteiger partial charge is 0.202 e. The highest BCUT2D eigenvalue weighted by atomic mass is 32.3. The molecule has 0 bridgehead atoms. The fourth-order valence-electron chi connectivity index (χ4n) is 1.84. The molecular weight excluding hydrogens is 340 g/mol. The second kappa shape index (κ2) is 5.02. The molecule has 0 heterocycles. The average molecular weight is 349 g/mol. The van der Waals surface area contributed by atoms with Crippen LogP contribution in [0.15, 0.2) is 0 Å². The van der Waals surface area contributed by atoms with E-state index in [-0.39, 0.29) is 25.7 Å². The van der Waals surface area contributed by atoms with Crippen molar-refractivity contribution in [3.63, 3.8) is 0 Å². The third kappa shape index (κ3) is 2.88. The van der Waals surface area contributed by atoms with Crippen LogP contribution >= 0.6 is 0 Å². The Labute approximate surface area is 110 Å². The Morgan fingerprint density at radius 3 is 1.30 bits per heavy atom. The number of sulfonamides is 2. The molecule has 1 saturated carbocycles. The molecule has 0 atom stereocenters. The fraction of sp³-hybridized carbons (Fsp3) is 1.00. The van der Waals surface area contributed by atoms with E-state index >= 15 is 0 Å². The van der Waals surface area contributed by atoms with Crippen LogP contribution in [0, 0.1) is 0 Å². The SMILES string of the molecule is O=S(=O)(N(C1CCCC1)S(=O)(=O)C(F)(F)F)C(F)(F)F. The molecule has 1 aliphatic rings. The highest BCUT2D eigenvalue weighted by Gasteiger charge is 2.63. The summed E-state index contributed by atoms with van der Waals surface area (Å²) in [6.45, 7) is 0. The summed E-state index contributed by atoms with van der Waals surface area (Å²) in [5.74, 6) is 0. The molecule has 0 aromatic carbocycles. The molecule has 0 aromatic heterocycles. The topological polar surface area (TPSA) is 71.5 Å². The minimum absolute atomic E-state index is 0.141. The maximum absolute atomic E-state index is 12.4. The number of alkyl halides is 6. The number of hydrogen-bond acceptors (Lipinski definition) is 4. The summed E-state index contributed by atoms with van der Waals surface area (Å²) in [5, 5.41) is 0. The Bertz CT molecular complexity index is 513. The van der Waals surface area contributed by atoms with Crippen molar-refractivity contribution in [2.75, 3.05) is 0 Å². The zero-order valence-electron chi connectivity index (χ0n) is 9.57. The number of halogens is 6. The molecule has 0 aromatic rings. The van der Waals surface area contributed by atoms with Gasteiger partial charge in [-0.3, -0.25) is 0 Å². The average Bonchev–Trinajstić information content (AvgIpc) is 2.66. The molecule has 1 rings (SSSR count). The highest BCUT2D eigenvalue weighted by molar-refractivity contribution is 8.04. The summed E-state index contributed by atoms with van der Waals surface area (Å²) < 4.78 is 118. The van der Waals surface area contributed by atoms with Crippen molar-refractivity contribution in [2.45, 2.75) is 42.7 Å². The van der Waals surface area contributed by atoms with Crippen molar-refractivity contribution >= 4 is 20.0 Å². The van der Waals surface area contributed by atoms with Gasteiger partial charge in [-0.2, -0.15) is 26.3 Å². The molecule has 13 heteroatoms. The van der Waals surface area contributed by atoms with E-state index in [1.807, 2.05) is 0 Å². The van der Waals surface area contributed by atoms with E-state index in [0.29, 0.717) is 0 Å².